The van der Waals surface area contributed by atoms with E-state index in [-0.39, 0.29) is 42.2 Å². The lowest BCUT2D eigenvalue weighted by Crippen LogP contribution is -2.52. The van der Waals surface area contributed by atoms with Gasteiger partial charge in [0.05, 0.1) is 26.0 Å². The fourth-order valence-electron chi connectivity index (χ4n) is 3.30. The summed E-state index contributed by atoms with van der Waals surface area (Å²) in [5, 5.41) is 10.6. The molecule has 10 heteroatoms. The van der Waals surface area contributed by atoms with E-state index in [0.717, 1.165) is 24.5 Å². The highest BCUT2D eigenvalue weighted by Crippen LogP contribution is 2.21. The minimum Gasteiger partial charge on any atom is -0.450 e. The number of rotatable bonds is 7. The molecule has 1 aromatic rings. The Hall–Kier alpha value is -1.56. The van der Waals surface area contributed by atoms with Gasteiger partial charge in [-0.3, -0.25) is 9.67 Å². The van der Waals surface area contributed by atoms with Gasteiger partial charge in [0.1, 0.15) is 6.10 Å². The molecule has 0 bridgehead atoms. The fourth-order valence-corrected chi connectivity index (χ4v) is 3.30. The van der Waals surface area contributed by atoms with Gasteiger partial charge in [-0.05, 0) is 19.3 Å². The molecule has 2 unspecified atom stereocenters. The Morgan fingerprint density at radius 2 is 2.24 bits per heavy atom. The minimum atomic E-state index is -0.382. The highest BCUT2D eigenvalue weighted by Gasteiger charge is 2.25. The van der Waals surface area contributed by atoms with Crippen molar-refractivity contribution in [1.29, 1.82) is 0 Å². The van der Waals surface area contributed by atoms with E-state index in [1.165, 1.54) is 0 Å². The summed E-state index contributed by atoms with van der Waals surface area (Å²) in [5.74, 6) is 1.26. The number of alkyl carbamates (subject to hydrolysis) is 1. The van der Waals surface area contributed by atoms with Crippen LogP contribution in [0.15, 0.2) is 17.4 Å². The van der Waals surface area contributed by atoms with Crippen molar-refractivity contribution < 1.29 is 14.3 Å². The summed E-state index contributed by atoms with van der Waals surface area (Å²) in [6, 6.07) is -0.0361. The van der Waals surface area contributed by atoms with Crippen molar-refractivity contribution in [2.24, 2.45) is 18.0 Å². The molecule has 29 heavy (non-hydrogen) atoms. The lowest BCUT2D eigenvalue weighted by molar-refractivity contribution is -0.00805. The second kappa shape index (κ2) is 12.9. The van der Waals surface area contributed by atoms with E-state index >= 15 is 0 Å². The Bertz CT molecular complexity index is 652. The zero-order valence-electron chi connectivity index (χ0n) is 18.1. The van der Waals surface area contributed by atoms with Crippen molar-refractivity contribution >= 4 is 36.0 Å². The molecule has 1 amide bonds. The number of nitrogens with zero attached hydrogens (tertiary/aromatic N) is 4. The number of carbonyl (C=O) groups is 1. The zero-order chi connectivity index (χ0) is 20.5. The number of hydrogen-bond donors (Lipinski definition) is 2. The Balaban J connectivity index is 0.00000420. The normalized spacial score (nSPS) is 18.2. The molecule has 1 saturated heterocycles. The van der Waals surface area contributed by atoms with Crippen LogP contribution < -0.4 is 10.6 Å². The molecule has 9 nitrogen and oxygen atoms in total. The molecule has 2 atom stereocenters. The number of aliphatic imine (C=N–C) groups is 1. The molecule has 1 aromatic heterocycles. The van der Waals surface area contributed by atoms with Crippen LogP contribution in [0, 0.1) is 5.92 Å². The quantitative estimate of drug-likeness (QED) is 0.324. The first-order valence-corrected chi connectivity index (χ1v) is 9.91. The summed E-state index contributed by atoms with van der Waals surface area (Å²) in [6.07, 6.45) is 4.25. The molecule has 2 rings (SSSR count). The van der Waals surface area contributed by atoms with Gasteiger partial charge >= 0.3 is 6.09 Å². The van der Waals surface area contributed by atoms with Gasteiger partial charge in [0.25, 0.3) is 0 Å². The molecule has 1 fully saturated rings. The van der Waals surface area contributed by atoms with E-state index in [1.807, 2.05) is 19.4 Å². The highest BCUT2D eigenvalue weighted by molar-refractivity contribution is 14.0. The molecular formula is C19H35IN6O3. The van der Waals surface area contributed by atoms with E-state index < -0.39 is 0 Å². The summed E-state index contributed by atoms with van der Waals surface area (Å²) < 4.78 is 12.7. The first-order valence-electron chi connectivity index (χ1n) is 9.91. The molecule has 2 heterocycles. The standard InChI is InChI=1S/C19H34N6O3.HI/c1-6-27-19(26)23-16(9-14(2)3)11-21-18(20-4)25-7-8-28-17(13-25)15-10-22-24(5)12-15;/h10,12,14,16-17H,6-9,11,13H2,1-5H3,(H,20,21)(H,23,26);1H. The van der Waals surface area contributed by atoms with Gasteiger partial charge in [-0.15, -0.1) is 24.0 Å². The number of amides is 1. The highest BCUT2D eigenvalue weighted by atomic mass is 127. The first kappa shape index (κ1) is 25.5. The molecule has 0 radical (unpaired) electrons. The van der Waals surface area contributed by atoms with Crippen molar-refractivity contribution in [3.8, 4) is 0 Å². The van der Waals surface area contributed by atoms with Crippen molar-refractivity contribution in [3.63, 3.8) is 0 Å². The van der Waals surface area contributed by atoms with Gasteiger partial charge in [0.15, 0.2) is 5.96 Å². The van der Waals surface area contributed by atoms with Crippen molar-refractivity contribution in [1.82, 2.24) is 25.3 Å². The second-order valence-corrected chi connectivity index (χ2v) is 7.37. The zero-order valence-corrected chi connectivity index (χ0v) is 20.4. The van der Waals surface area contributed by atoms with Crippen LogP contribution in [0.5, 0.6) is 0 Å². The number of halogens is 1. The number of aromatic nitrogens is 2. The van der Waals surface area contributed by atoms with Gasteiger partial charge in [-0.2, -0.15) is 5.10 Å². The van der Waals surface area contributed by atoms with Crippen LogP contribution in [0.3, 0.4) is 0 Å². The Morgan fingerprint density at radius 3 is 2.83 bits per heavy atom. The van der Waals surface area contributed by atoms with Gasteiger partial charge in [0.2, 0.25) is 0 Å². The Morgan fingerprint density at radius 1 is 1.48 bits per heavy atom. The minimum absolute atomic E-state index is 0. The summed E-state index contributed by atoms with van der Waals surface area (Å²) in [6.45, 7) is 9.09. The molecule has 1 aliphatic heterocycles. The maximum Gasteiger partial charge on any atom is 0.407 e. The molecule has 1 aliphatic rings. The maximum absolute atomic E-state index is 11.8. The fraction of sp³-hybridized carbons (Fsp3) is 0.737. The van der Waals surface area contributed by atoms with E-state index in [1.54, 1.807) is 18.7 Å². The summed E-state index contributed by atoms with van der Waals surface area (Å²) >= 11 is 0. The SMILES string of the molecule is CCOC(=O)NC(CNC(=NC)N1CCOC(c2cnn(C)c2)C1)CC(C)C.I. The largest absolute Gasteiger partial charge is 0.450 e. The van der Waals surface area contributed by atoms with Crippen LogP contribution in [0.4, 0.5) is 4.79 Å². The molecular weight excluding hydrogens is 487 g/mol. The molecule has 0 aromatic carbocycles. The van der Waals surface area contributed by atoms with Crippen LogP contribution in [0.2, 0.25) is 0 Å². The average Bonchev–Trinajstić information content (AvgIpc) is 3.08. The van der Waals surface area contributed by atoms with E-state index in [2.05, 4.69) is 39.5 Å². The van der Waals surface area contributed by atoms with Gasteiger partial charge < -0.3 is 25.0 Å². The smallest absolute Gasteiger partial charge is 0.407 e. The van der Waals surface area contributed by atoms with Gasteiger partial charge in [-0.25, -0.2) is 4.79 Å². The Kier molecular flexibility index (Phi) is 11.3. The molecule has 0 spiro atoms. The number of ether oxygens (including phenoxy) is 2. The number of morpholine rings is 1. The molecule has 2 N–H and O–H groups in total. The van der Waals surface area contributed by atoms with Crippen LogP contribution >= 0.6 is 24.0 Å². The van der Waals surface area contributed by atoms with Crippen LogP contribution in [0.1, 0.15) is 38.9 Å². The topological polar surface area (TPSA) is 93.0 Å². The third-order valence-corrected chi connectivity index (χ3v) is 4.53. The number of aryl methyl sites for hydroxylation is 1. The van der Waals surface area contributed by atoms with Crippen molar-refractivity contribution in [2.75, 3.05) is 39.9 Å². The van der Waals surface area contributed by atoms with E-state index in [4.69, 9.17) is 9.47 Å². The predicted molar refractivity (Wildman–Crippen MR) is 124 cm³/mol. The lowest BCUT2D eigenvalue weighted by Gasteiger charge is -2.35. The first-order chi connectivity index (χ1) is 13.4. The maximum atomic E-state index is 11.8. The number of hydrogen-bond acceptors (Lipinski definition) is 5. The summed E-state index contributed by atoms with van der Waals surface area (Å²) in [7, 11) is 3.67. The average molecular weight is 522 g/mol. The second-order valence-electron chi connectivity index (χ2n) is 7.37. The number of carbonyl (C=O) groups excluding carboxylic acids is 1. The van der Waals surface area contributed by atoms with Crippen molar-refractivity contribution in [2.45, 2.75) is 39.3 Å². The third kappa shape index (κ3) is 8.37. The lowest BCUT2D eigenvalue weighted by atomic mass is 10.0. The molecule has 0 aliphatic carbocycles. The molecule has 0 saturated carbocycles. The monoisotopic (exact) mass is 522 g/mol. The predicted octanol–water partition coefficient (Wildman–Crippen LogP) is 2.15. The Labute approximate surface area is 190 Å². The summed E-state index contributed by atoms with van der Waals surface area (Å²) in [5.41, 5.74) is 1.06. The van der Waals surface area contributed by atoms with E-state index in [0.29, 0.717) is 32.2 Å². The number of guanidine groups is 1. The summed E-state index contributed by atoms with van der Waals surface area (Å²) in [4.78, 5) is 18.4. The number of nitrogens with one attached hydrogen (secondary N) is 2. The molecule has 166 valence electrons. The van der Waals surface area contributed by atoms with Gasteiger partial charge in [0, 0.05) is 45.0 Å². The van der Waals surface area contributed by atoms with Crippen LogP contribution in [-0.4, -0.2) is 72.7 Å². The third-order valence-electron chi connectivity index (χ3n) is 4.53. The van der Waals surface area contributed by atoms with Crippen molar-refractivity contribution in [3.05, 3.63) is 18.0 Å². The van der Waals surface area contributed by atoms with E-state index in [9.17, 15) is 4.79 Å². The van der Waals surface area contributed by atoms with Gasteiger partial charge in [-0.1, -0.05) is 13.8 Å². The van der Waals surface area contributed by atoms with Crippen LogP contribution in [-0.2, 0) is 16.5 Å². The van der Waals surface area contributed by atoms with Crippen LogP contribution in [0.25, 0.3) is 0 Å².